The van der Waals surface area contributed by atoms with Gasteiger partial charge >= 0.3 is 5.97 Å². The van der Waals surface area contributed by atoms with Gasteiger partial charge in [0, 0.05) is 26.1 Å². The van der Waals surface area contributed by atoms with Gasteiger partial charge in [-0.3, -0.25) is 4.79 Å². The molecule has 4 heteroatoms. The number of carboxylic acids is 1. The van der Waals surface area contributed by atoms with Gasteiger partial charge in [-0.1, -0.05) is 0 Å². The Hall–Kier alpha value is -1.29. The van der Waals surface area contributed by atoms with E-state index < -0.39 is 11.9 Å². The number of nitrogens with one attached hydrogen (secondary N) is 1. The molecule has 0 aliphatic heterocycles. The average molecular weight is 183 g/mol. The SMILES string of the molecule is COCCC(C(=O)O)c1cc[nH]c1. The molecule has 13 heavy (non-hydrogen) atoms. The lowest BCUT2D eigenvalue weighted by molar-refractivity contribution is -0.139. The van der Waals surface area contributed by atoms with E-state index >= 15 is 0 Å². The van der Waals surface area contributed by atoms with Gasteiger partial charge in [0.2, 0.25) is 0 Å². The number of ether oxygens (including phenoxy) is 1. The van der Waals surface area contributed by atoms with Crippen LogP contribution in [0.3, 0.4) is 0 Å². The van der Waals surface area contributed by atoms with Gasteiger partial charge in [-0.05, 0) is 18.1 Å². The van der Waals surface area contributed by atoms with Crippen LogP contribution in [0.15, 0.2) is 18.5 Å². The summed E-state index contributed by atoms with van der Waals surface area (Å²) in [5.74, 6) is -1.28. The molecule has 1 rings (SSSR count). The molecular weight excluding hydrogens is 170 g/mol. The Morgan fingerprint density at radius 1 is 1.77 bits per heavy atom. The van der Waals surface area contributed by atoms with Gasteiger partial charge in [-0.15, -0.1) is 0 Å². The number of aromatic nitrogens is 1. The maximum Gasteiger partial charge on any atom is 0.311 e. The second-order valence-electron chi connectivity index (χ2n) is 2.82. The smallest absolute Gasteiger partial charge is 0.311 e. The Balaban J connectivity index is 2.63. The van der Waals surface area contributed by atoms with Crippen LogP contribution in [-0.4, -0.2) is 29.8 Å². The van der Waals surface area contributed by atoms with Crippen molar-refractivity contribution in [2.45, 2.75) is 12.3 Å². The molecule has 0 saturated heterocycles. The van der Waals surface area contributed by atoms with E-state index in [1.807, 2.05) is 0 Å². The summed E-state index contributed by atoms with van der Waals surface area (Å²) in [6.07, 6.45) is 3.93. The minimum atomic E-state index is -0.809. The lowest BCUT2D eigenvalue weighted by Crippen LogP contribution is -2.13. The molecule has 1 unspecified atom stereocenters. The third-order valence-electron chi connectivity index (χ3n) is 1.93. The van der Waals surface area contributed by atoms with Crippen molar-refractivity contribution in [3.63, 3.8) is 0 Å². The Labute approximate surface area is 76.5 Å². The molecule has 0 spiro atoms. The third-order valence-corrected chi connectivity index (χ3v) is 1.93. The van der Waals surface area contributed by atoms with Crippen molar-refractivity contribution in [1.82, 2.24) is 4.98 Å². The summed E-state index contributed by atoms with van der Waals surface area (Å²) in [7, 11) is 1.57. The number of H-pyrrole nitrogens is 1. The number of hydrogen-bond acceptors (Lipinski definition) is 2. The van der Waals surface area contributed by atoms with E-state index in [9.17, 15) is 4.79 Å². The molecule has 1 aromatic rings. The summed E-state index contributed by atoms with van der Waals surface area (Å²) in [6, 6.07) is 1.77. The third kappa shape index (κ3) is 2.59. The van der Waals surface area contributed by atoms with Crippen LogP contribution in [0, 0.1) is 0 Å². The van der Waals surface area contributed by atoms with Crippen LogP contribution in [0.25, 0.3) is 0 Å². The predicted octanol–water partition coefficient (Wildman–Crippen LogP) is 1.22. The Kier molecular flexibility index (Phi) is 3.52. The lowest BCUT2D eigenvalue weighted by atomic mass is 9.99. The van der Waals surface area contributed by atoms with Crippen molar-refractivity contribution >= 4 is 5.97 Å². The number of carbonyl (C=O) groups is 1. The first kappa shape index (κ1) is 9.80. The zero-order valence-electron chi connectivity index (χ0n) is 7.49. The maximum atomic E-state index is 10.8. The van der Waals surface area contributed by atoms with E-state index in [-0.39, 0.29) is 0 Å². The van der Waals surface area contributed by atoms with Crippen LogP contribution in [0.1, 0.15) is 17.9 Å². The second-order valence-corrected chi connectivity index (χ2v) is 2.82. The summed E-state index contributed by atoms with van der Waals surface area (Å²) in [5, 5.41) is 8.90. The van der Waals surface area contributed by atoms with Crippen molar-refractivity contribution in [3.05, 3.63) is 24.0 Å². The standard InChI is InChI=1S/C9H13NO3/c1-13-5-3-8(9(11)12)7-2-4-10-6-7/h2,4,6,8,10H,3,5H2,1H3,(H,11,12). The molecule has 72 valence electrons. The van der Waals surface area contributed by atoms with Gasteiger partial charge < -0.3 is 14.8 Å². The Morgan fingerprint density at radius 2 is 2.54 bits per heavy atom. The molecule has 1 aromatic heterocycles. The molecule has 0 aromatic carbocycles. The van der Waals surface area contributed by atoms with E-state index in [1.165, 1.54) is 0 Å². The van der Waals surface area contributed by atoms with E-state index in [0.29, 0.717) is 13.0 Å². The summed E-state index contributed by atoms with van der Waals surface area (Å²) in [5.41, 5.74) is 0.796. The first-order valence-corrected chi connectivity index (χ1v) is 4.10. The topological polar surface area (TPSA) is 62.3 Å². The van der Waals surface area contributed by atoms with Crippen LogP contribution >= 0.6 is 0 Å². The van der Waals surface area contributed by atoms with Crippen molar-refractivity contribution in [2.75, 3.05) is 13.7 Å². The van der Waals surface area contributed by atoms with E-state index in [2.05, 4.69) is 4.98 Å². The zero-order chi connectivity index (χ0) is 9.68. The molecule has 0 bridgehead atoms. The zero-order valence-corrected chi connectivity index (χ0v) is 7.49. The highest BCUT2D eigenvalue weighted by Crippen LogP contribution is 2.19. The summed E-state index contributed by atoms with van der Waals surface area (Å²) >= 11 is 0. The van der Waals surface area contributed by atoms with E-state index in [4.69, 9.17) is 9.84 Å². The number of aromatic amines is 1. The fraction of sp³-hybridized carbons (Fsp3) is 0.444. The van der Waals surface area contributed by atoms with Gasteiger partial charge in [0.15, 0.2) is 0 Å². The van der Waals surface area contributed by atoms with Gasteiger partial charge in [-0.2, -0.15) is 0 Å². The van der Waals surface area contributed by atoms with Crippen molar-refractivity contribution in [1.29, 1.82) is 0 Å². The lowest BCUT2D eigenvalue weighted by Gasteiger charge is -2.09. The predicted molar refractivity (Wildman–Crippen MR) is 47.7 cm³/mol. The monoisotopic (exact) mass is 183 g/mol. The van der Waals surface area contributed by atoms with Gasteiger partial charge in [-0.25, -0.2) is 0 Å². The number of aliphatic carboxylic acids is 1. The molecule has 0 amide bonds. The van der Waals surface area contributed by atoms with Crippen LogP contribution < -0.4 is 0 Å². The van der Waals surface area contributed by atoms with E-state index in [1.54, 1.807) is 25.6 Å². The molecular formula is C9H13NO3. The Morgan fingerprint density at radius 3 is 3.00 bits per heavy atom. The molecule has 0 aliphatic carbocycles. The highest BCUT2D eigenvalue weighted by Gasteiger charge is 2.19. The minimum Gasteiger partial charge on any atom is -0.481 e. The summed E-state index contributed by atoms with van der Waals surface area (Å²) in [6.45, 7) is 0.460. The van der Waals surface area contributed by atoms with Crippen molar-refractivity contribution in [2.24, 2.45) is 0 Å². The Bertz CT molecular complexity index is 256. The van der Waals surface area contributed by atoms with Crippen molar-refractivity contribution in [3.8, 4) is 0 Å². The second kappa shape index (κ2) is 4.67. The van der Waals surface area contributed by atoms with Crippen LogP contribution in [-0.2, 0) is 9.53 Å². The minimum absolute atomic E-state index is 0.460. The molecule has 0 fully saturated rings. The normalized spacial score (nSPS) is 12.7. The number of methoxy groups -OCH3 is 1. The summed E-state index contributed by atoms with van der Waals surface area (Å²) < 4.78 is 4.85. The first-order valence-electron chi connectivity index (χ1n) is 4.10. The number of carboxylic acid groups (broad SMARTS) is 1. The number of hydrogen-bond donors (Lipinski definition) is 2. The fourth-order valence-corrected chi connectivity index (χ4v) is 1.22. The van der Waals surface area contributed by atoms with Gasteiger partial charge in [0.05, 0.1) is 5.92 Å². The maximum absolute atomic E-state index is 10.8. The molecule has 0 saturated carbocycles. The van der Waals surface area contributed by atoms with Gasteiger partial charge in [0.1, 0.15) is 0 Å². The van der Waals surface area contributed by atoms with Crippen LogP contribution in [0.5, 0.6) is 0 Å². The molecule has 1 heterocycles. The van der Waals surface area contributed by atoms with Crippen LogP contribution in [0.2, 0.25) is 0 Å². The fourth-order valence-electron chi connectivity index (χ4n) is 1.22. The largest absolute Gasteiger partial charge is 0.481 e. The molecule has 0 aliphatic rings. The summed E-state index contributed by atoms with van der Waals surface area (Å²) in [4.78, 5) is 13.7. The molecule has 1 atom stereocenters. The molecule has 4 nitrogen and oxygen atoms in total. The van der Waals surface area contributed by atoms with E-state index in [0.717, 1.165) is 5.56 Å². The molecule has 2 N–H and O–H groups in total. The molecule has 0 radical (unpaired) electrons. The highest BCUT2D eigenvalue weighted by atomic mass is 16.5. The quantitative estimate of drug-likeness (QED) is 0.721. The van der Waals surface area contributed by atoms with Crippen molar-refractivity contribution < 1.29 is 14.6 Å². The first-order chi connectivity index (χ1) is 6.25. The van der Waals surface area contributed by atoms with Gasteiger partial charge in [0.25, 0.3) is 0 Å². The average Bonchev–Trinajstić information content (AvgIpc) is 2.57. The number of rotatable bonds is 5. The highest BCUT2D eigenvalue weighted by molar-refractivity contribution is 5.75. The van der Waals surface area contributed by atoms with Crippen LogP contribution in [0.4, 0.5) is 0 Å².